The van der Waals surface area contributed by atoms with Crippen LogP contribution in [0.2, 0.25) is 0 Å². The minimum Gasteiger partial charge on any atom is -0.508 e. The van der Waals surface area contributed by atoms with Crippen molar-refractivity contribution in [2.45, 2.75) is 44.9 Å². The van der Waals surface area contributed by atoms with Crippen molar-refractivity contribution in [2.24, 2.45) is 0 Å². The van der Waals surface area contributed by atoms with Crippen molar-refractivity contribution in [3.05, 3.63) is 41.5 Å². The Morgan fingerprint density at radius 1 is 0.818 bits per heavy atom. The van der Waals surface area contributed by atoms with Gasteiger partial charge in [-0.05, 0) is 72.2 Å². The average Bonchev–Trinajstić information content (AvgIpc) is 2.51. The van der Waals surface area contributed by atoms with Gasteiger partial charge in [0.05, 0.1) is 0 Å². The highest BCUT2D eigenvalue weighted by atomic mass is 16.3. The zero-order valence-electron chi connectivity index (χ0n) is 12.8. The second kappa shape index (κ2) is 5.91. The SMILES string of the molecule is Cc1cc(O)c(C2CCCCC2)cc1-c1ccc(O)c(O)c1. The average molecular weight is 298 g/mol. The fourth-order valence-corrected chi connectivity index (χ4v) is 3.45. The van der Waals surface area contributed by atoms with Crippen LogP contribution in [0.4, 0.5) is 0 Å². The molecule has 0 spiro atoms. The van der Waals surface area contributed by atoms with E-state index in [1.54, 1.807) is 12.1 Å². The summed E-state index contributed by atoms with van der Waals surface area (Å²) in [5.41, 5.74) is 3.81. The summed E-state index contributed by atoms with van der Waals surface area (Å²) in [7, 11) is 0. The predicted octanol–water partition coefficient (Wildman–Crippen LogP) is 4.83. The molecule has 1 aliphatic carbocycles. The van der Waals surface area contributed by atoms with Gasteiger partial charge in [0.2, 0.25) is 0 Å². The Labute approximate surface area is 130 Å². The van der Waals surface area contributed by atoms with E-state index in [4.69, 9.17) is 0 Å². The first-order valence-corrected chi connectivity index (χ1v) is 7.92. The molecule has 0 bridgehead atoms. The Kier molecular flexibility index (Phi) is 3.97. The van der Waals surface area contributed by atoms with Crippen LogP contribution in [0.3, 0.4) is 0 Å². The molecule has 116 valence electrons. The molecule has 3 heteroatoms. The molecule has 3 rings (SSSR count). The van der Waals surface area contributed by atoms with Gasteiger partial charge in [-0.3, -0.25) is 0 Å². The van der Waals surface area contributed by atoms with Crippen LogP contribution in [0.1, 0.15) is 49.1 Å². The minimum atomic E-state index is -0.121. The van der Waals surface area contributed by atoms with Crippen LogP contribution in [0.5, 0.6) is 17.2 Å². The number of hydrogen-bond donors (Lipinski definition) is 3. The van der Waals surface area contributed by atoms with Gasteiger partial charge in [-0.15, -0.1) is 0 Å². The first-order valence-electron chi connectivity index (χ1n) is 7.92. The summed E-state index contributed by atoms with van der Waals surface area (Å²) < 4.78 is 0. The molecule has 0 atom stereocenters. The molecule has 3 nitrogen and oxygen atoms in total. The van der Waals surface area contributed by atoms with E-state index in [1.807, 2.05) is 19.1 Å². The van der Waals surface area contributed by atoms with E-state index in [-0.39, 0.29) is 11.5 Å². The van der Waals surface area contributed by atoms with Crippen molar-refractivity contribution in [1.29, 1.82) is 0 Å². The van der Waals surface area contributed by atoms with Gasteiger partial charge in [-0.25, -0.2) is 0 Å². The van der Waals surface area contributed by atoms with E-state index in [0.29, 0.717) is 11.7 Å². The van der Waals surface area contributed by atoms with Gasteiger partial charge in [-0.1, -0.05) is 25.3 Å². The van der Waals surface area contributed by atoms with Gasteiger partial charge >= 0.3 is 0 Å². The summed E-state index contributed by atoms with van der Waals surface area (Å²) in [4.78, 5) is 0. The Morgan fingerprint density at radius 3 is 2.23 bits per heavy atom. The number of phenolic OH excluding ortho intramolecular Hbond substituents is 3. The maximum absolute atomic E-state index is 10.3. The molecule has 0 unspecified atom stereocenters. The van der Waals surface area contributed by atoms with E-state index in [0.717, 1.165) is 35.1 Å². The molecular formula is C19H22O3. The molecular weight excluding hydrogens is 276 g/mol. The summed E-state index contributed by atoms with van der Waals surface area (Å²) >= 11 is 0. The van der Waals surface area contributed by atoms with Crippen LogP contribution in [0, 0.1) is 6.92 Å². The number of phenols is 3. The molecule has 3 N–H and O–H groups in total. The normalized spacial score (nSPS) is 15.9. The number of hydrogen-bond acceptors (Lipinski definition) is 3. The minimum absolute atomic E-state index is 0.118. The molecule has 0 amide bonds. The fourth-order valence-electron chi connectivity index (χ4n) is 3.45. The van der Waals surface area contributed by atoms with Crippen LogP contribution in [0.25, 0.3) is 11.1 Å². The van der Waals surface area contributed by atoms with E-state index < -0.39 is 0 Å². The highest BCUT2D eigenvalue weighted by molar-refractivity contribution is 5.72. The van der Waals surface area contributed by atoms with Crippen LogP contribution in [-0.4, -0.2) is 15.3 Å². The smallest absolute Gasteiger partial charge is 0.158 e. The van der Waals surface area contributed by atoms with Gasteiger partial charge in [0.25, 0.3) is 0 Å². The van der Waals surface area contributed by atoms with Crippen molar-refractivity contribution in [3.63, 3.8) is 0 Å². The fraction of sp³-hybridized carbons (Fsp3) is 0.368. The molecule has 1 saturated carbocycles. The molecule has 22 heavy (non-hydrogen) atoms. The topological polar surface area (TPSA) is 60.7 Å². The standard InChI is InChI=1S/C19H22O3/c1-12-9-18(21)16(13-5-3-2-4-6-13)11-15(12)14-7-8-17(20)19(22)10-14/h7-11,13,20-22H,2-6H2,1H3. The zero-order chi connectivity index (χ0) is 15.7. The van der Waals surface area contributed by atoms with Gasteiger partial charge in [0.15, 0.2) is 11.5 Å². The lowest BCUT2D eigenvalue weighted by molar-refractivity contribution is 0.404. The van der Waals surface area contributed by atoms with Crippen molar-refractivity contribution in [3.8, 4) is 28.4 Å². The second-order valence-corrected chi connectivity index (χ2v) is 6.26. The highest BCUT2D eigenvalue weighted by Gasteiger charge is 2.20. The van der Waals surface area contributed by atoms with Gasteiger partial charge in [0.1, 0.15) is 5.75 Å². The Bertz CT molecular complexity index is 685. The first-order chi connectivity index (χ1) is 10.6. The third-order valence-electron chi connectivity index (χ3n) is 4.71. The number of benzene rings is 2. The third kappa shape index (κ3) is 2.76. The molecule has 0 saturated heterocycles. The van der Waals surface area contributed by atoms with Gasteiger partial charge < -0.3 is 15.3 Å². The summed E-state index contributed by atoms with van der Waals surface area (Å²) in [6.07, 6.45) is 5.95. The van der Waals surface area contributed by atoms with E-state index in [1.165, 1.54) is 25.3 Å². The quantitative estimate of drug-likeness (QED) is 0.696. The first kappa shape index (κ1) is 14.8. The van der Waals surface area contributed by atoms with Crippen LogP contribution in [-0.2, 0) is 0 Å². The van der Waals surface area contributed by atoms with E-state index >= 15 is 0 Å². The van der Waals surface area contributed by atoms with Crippen LogP contribution < -0.4 is 0 Å². The lowest BCUT2D eigenvalue weighted by Gasteiger charge is -2.24. The lowest BCUT2D eigenvalue weighted by Crippen LogP contribution is -2.05. The van der Waals surface area contributed by atoms with Crippen LogP contribution >= 0.6 is 0 Å². The van der Waals surface area contributed by atoms with Crippen molar-refractivity contribution in [2.75, 3.05) is 0 Å². The number of aryl methyl sites for hydroxylation is 1. The van der Waals surface area contributed by atoms with E-state index in [2.05, 4.69) is 0 Å². The maximum atomic E-state index is 10.3. The highest BCUT2D eigenvalue weighted by Crippen LogP contribution is 2.41. The zero-order valence-corrected chi connectivity index (χ0v) is 12.8. The summed E-state index contributed by atoms with van der Waals surface area (Å²) in [5.74, 6) is 0.548. The number of aromatic hydroxyl groups is 3. The Hall–Kier alpha value is -2.16. The molecule has 2 aromatic carbocycles. The molecule has 0 aliphatic heterocycles. The largest absolute Gasteiger partial charge is 0.508 e. The van der Waals surface area contributed by atoms with E-state index in [9.17, 15) is 15.3 Å². The lowest BCUT2D eigenvalue weighted by atomic mass is 9.82. The molecule has 0 aromatic heterocycles. The summed E-state index contributed by atoms with van der Waals surface area (Å²) in [6, 6.07) is 8.71. The van der Waals surface area contributed by atoms with Gasteiger partial charge in [-0.2, -0.15) is 0 Å². The molecule has 2 aromatic rings. The second-order valence-electron chi connectivity index (χ2n) is 6.26. The monoisotopic (exact) mass is 298 g/mol. The molecule has 0 radical (unpaired) electrons. The summed E-state index contributed by atoms with van der Waals surface area (Å²) in [6.45, 7) is 1.95. The van der Waals surface area contributed by atoms with Crippen molar-refractivity contribution in [1.82, 2.24) is 0 Å². The van der Waals surface area contributed by atoms with Crippen molar-refractivity contribution >= 4 is 0 Å². The predicted molar refractivity (Wildman–Crippen MR) is 87.4 cm³/mol. The number of rotatable bonds is 2. The van der Waals surface area contributed by atoms with Crippen LogP contribution in [0.15, 0.2) is 30.3 Å². The molecule has 0 heterocycles. The summed E-state index contributed by atoms with van der Waals surface area (Å²) in [5, 5.41) is 29.5. The Balaban J connectivity index is 2.05. The Morgan fingerprint density at radius 2 is 1.55 bits per heavy atom. The maximum Gasteiger partial charge on any atom is 0.158 e. The third-order valence-corrected chi connectivity index (χ3v) is 4.71. The van der Waals surface area contributed by atoms with Crippen molar-refractivity contribution < 1.29 is 15.3 Å². The molecule has 1 fully saturated rings. The molecule has 1 aliphatic rings. The van der Waals surface area contributed by atoms with Gasteiger partial charge in [0, 0.05) is 0 Å².